The Bertz CT molecular complexity index is 567. The summed E-state index contributed by atoms with van der Waals surface area (Å²) in [6.45, 7) is 4.72. The van der Waals surface area contributed by atoms with Gasteiger partial charge in [0.2, 0.25) is 5.91 Å². The molecule has 1 aromatic carbocycles. The zero-order chi connectivity index (χ0) is 16.2. The molecular weight excluding hydrogens is 302 g/mol. The van der Waals surface area contributed by atoms with Gasteiger partial charge >= 0.3 is 5.97 Å². The van der Waals surface area contributed by atoms with Crippen molar-refractivity contribution in [2.75, 3.05) is 19.0 Å². The topological polar surface area (TPSA) is 75.6 Å². The number of nitrogens with one attached hydrogen (secondary N) is 1. The second-order valence-electron chi connectivity index (χ2n) is 5.61. The number of aliphatic carboxylic acids is 1. The molecule has 0 aliphatic carbocycles. The second-order valence-corrected chi connectivity index (χ2v) is 6.62. The Morgan fingerprint density at radius 1 is 1.32 bits per heavy atom. The van der Waals surface area contributed by atoms with Crippen LogP contribution >= 0.6 is 11.8 Å². The van der Waals surface area contributed by atoms with E-state index in [0.29, 0.717) is 26.1 Å². The van der Waals surface area contributed by atoms with Gasteiger partial charge in [0.1, 0.15) is 5.54 Å². The molecule has 1 heterocycles. The zero-order valence-corrected chi connectivity index (χ0v) is 13.7. The Morgan fingerprint density at radius 2 is 2.00 bits per heavy atom. The monoisotopic (exact) mass is 323 g/mol. The van der Waals surface area contributed by atoms with Gasteiger partial charge in [-0.25, -0.2) is 4.79 Å². The molecule has 0 radical (unpaired) electrons. The van der Waals surface area contributed by atoms with Crippen LogP contribution in [0, 0.1) is 13.8 Å². The quantitative estimate of drug-likeness (QED) is 0.812. The number of hydrogen-bond acceptors (Lipinski definition) is 4. The predicted molar refractivity (Wildman–Crippen MR) is 85.2 cm³/mol. The molecule has 1 aromatic rings. The fourth-order valence-electron chi connectivity index (χ4n) is 2.42. The Balaban J connectivity index is 1.97. The van der Waals surface area contributed by atoms with Crippen molar-refractivity contribution in [1.29, 1.82) is 0 Å². The van der Waals surface area contributed by atoms with Crippen molar-refractivity contribution in [2.45, 2.75) is 37.1 Å². The summed E-state index contributed by atoms with van der Waals surface area (Å²) < 4.78 is 5.19. The maximum Gasteiger partial charge on any atom is 0.329 e. The van der Waals surface area contributed by atoms with Gasteiger partial charge in [0.25, 0.3) is 0 Å². The van der Waals surface area contributed by atoms with Crippen LogP contribution in [0.5, 0.6) is 0 Å². The van der Waals surface area contributed by atoms with Crippen LogP contribution in [0.3, 0.4) is 0 Å². The lowest BCUT2D eigenvalue weighted by atomic mass is 9.90. The molecule has 6 heteroatoms. The number of hydrogen-bond donors (Lipinski definition) is 2. The molecule has 1 saturated heterocycles. The van der Waals surface area contributed by atoms with Crippen molar-refractivity contribution >= 4 is 23.6 Å². The molecule has 0 bridgehead atoms. The number of aryl methyl sites for hydroxylation is 2. The minimum atomic E-state index is -1.18. The van der Waals surface area contributed by atoms with Crippen molar-refractivity contribution in [3.05, 3.63) is 29.3 Å². The Kier molecular flexibility index (Phi) is 5.47. The highest BCUT2D eigenvalue weighted by atomic mass is 32.2. The first-order valence-corrected chi connectivity index (χ1v) is 8.24. The standard InChI is InChI=1S/C16H21NO4S/c1-11-3-4-12(2)13(9-11)22-10-14(18)17-16(15(19)20)5-7-21-8-6-16/h3-4,9H,5-8,10H2,1-2H3,(H,17,18)(H,19,20). The summed E-state index contributed by atoms with van der Waals surface area (Å²) in [6, 6.07) is 6.09. The largest absolute Gasteiger partial charge is 0.480 e. The molecule has 5 nitrogen and oxygen atoms in total. The summed E-state index contributed by atoms with van der Waals surface area (Å²) >= 11 is 1.43. The number of carbonyl (C=O) groups excluding carboxylic acids is 1. The van der Waals surface area contributed by atoms with E-state index in [9.17, 15) is 14.7 Å². The molecule has 0 unspecified atom stereocenters. The molecule has 0 atom stereocenters. The van der Waals surface area contributed by atoms with Crippen molar-refractivity contribution in [2.24, 2.45) is 0 Å². The van der Waals surface area contributed by atoms with E-state index in [2.05, 4.69) is 5.32 Å². The molecule has 1 amide bonds. The molecule has 22 heavy (non-hydrogen) atoms. The summed E-state index contributed by atoms with van der Waals surface area (Å²) in [7, 11) is 0. The molecule has 0 spiro atoms. The molecule has 1 aliphatic heterocycles. The molecule has 0 aromatic heterocycles. The first kappa shape index (κ1) is 16.8. The van der Waals surface area contributed by atoms with Crippen LogP contribution < -0.4 is 5.32 Å². The number of rotatable bonds is 5. The van der Waals surface area contributed by atoms with Gasteiger partial charge < -0.3 is 15.2 Å². The van der Waals surface area contributed by atoms with Crippen LogP contribution in [0.2, 0.25) is 0 Å². The molecule has 1 fully saturated rings. The van der Waals surface area contributed by atoms with E-state index in [1.165, 1.54) is 11.8 Å². The van der Waals surface area contributed by atoms with Crippen molar-refractivity contribution in [3.8, 4) is 0 Å². The van der Waals surface area contributed by atoms with E-state index in [1.807, 2.05) is 32.0 Å². The number of thioether (sulfide) groups is 1. The van der Waals surface area contributed by atoms with Gasteiger partial charge in [-0.3, -0.25) is 4.79 Å². The van der Waals surface area contributed by atoms with E-state index >= 15 is 0 Å². The predicted octanol–water partition coefficient (Wildman–Crippen LogP) is 2.15. The van der Waals surface area contributed by atoms with Crippen molar-refractivity contribution < 1.29 is 19.4 Å². The van der Waals surface area contributed by atoms with E-state index in [4.69, 9.17) is 4.74 Å². The van der Waals surface area contributed by atoms with Gasteiger partial charge in [-0.05, 0) is 25.5 Å². The van der Waals surface area contributed by atoms with Gasteiger partial charge in [-0.15, -0.1) is 11.8 Å². The van der Waals surface area contributed by atoms with Crippen LogP contribution in [0.1, 0.15) is 24.0 Å². The first-order chi connectivity index (χ1) is 10.4. The zero-order valence-electron chi connectivity index (χ0n) is 12.8. The Morgan fingerprint density at radius 3 is 2.64 bits per heavy atom. The summed E-state index contributed by atoms with van der Waals surface area (Å²) in [5.41, 5.74) is 1.07. The van der Waals surface area contributed by atoms with E-state index < -0.39 is 11.5 Å². The third-order valence-corrected chi connectivity index (χ3v) is 4.99. The number of carboxylic acid groups (broad SMARTS) is 1. The van der Waals surface area contributed by atoms with Gasteiger partial charge in [-0.1, -0.05) is 17.7 Å². The van der Waals surface area contributed by atoms with Crippen LogP contribution in [0.4, 0.5) is 0 Å². The number of benzene rings is 1. The maximum atomic E-state index is 12.2. The van der Waals surface area contributed by atoms with Gasteiger partial charge in [0.05, 0.1) is 5.75 Å². The Hall–Kier alpha value is -1.53. The molecule has 2 rings (SSSR count). The highest BCUT2D eigenvalue weighted by Gasteiger charge is 2.41. The third-order valence-electron chi connectivity index (χ3n) is 3.84. The second kappa shape index (κ2) is 7.15. The minimum absolute atomic E-state index is 0.209. The summed E-state index contributed by atoms with van der Waals surface area (Å²) in [4.78, 5) is 24.7. The minimum Gasteiger partial charge on any atom is -0.480 e. The number of carbonyl (C=O) groups is 2. The number of ether oxygens (including phenoxy) is 1. The normalized spacial score (nSPS) is 17.0. The average molecular weight is 323 g/mol. The average Bonchev–Trinajstić information content (AvgIpc) is 2.49. The molecule has 2 N–H and O–H groups in total. The summed E-state index contributed by atoms with van der Waals surface area (Å²) in [5.74, 6) is -1.03. The summed E-state index contributed by atoms with van der Waals surface area (Å²) in [6.07, 6.45) is 0.616. The maximum absolute atomic E-state index is 12.2. The van der Waals surface area contributed by atoms with Crippen LogP contribution in [0.25, 0.3) is 0 Å². The highest BCUT2D eigenvalue weighted by molar-refractivity contribution is 8.00. The van der Waals surface area contributed by atoms with Gasteiger partial charge in [0, 0.05) is 31.0 Å². The fourth-order valence-corrected chi connectivity index (χ4v) is 3.34. The highest BCUT2D eigenvalue weighted by Crippen LogP contribution is 2.25. The van der Waals surface area contributed by atoms with Crippen LogP contribution in [-0.2, 0) is 14.3 Å². The summed E-state index contributed by atoms with van der Waals surface area (Å²) in [5, 5.41) is 12.1. The smallest absolute Gasteiger partial charge is 0.329 e. The molecular formula is C16H21NO4S. The van der Waals surface area contributed by atoms with Crippen molar-refractivity contribution in [3.63, 3.8) is 0 Å². The van der Waals surface area contributed by atoms with E-state index in [0.717, 1.165) is 16.0 Å². The number of amides is 1. The van der Waals surface area contributed by atoms with Crippen LogP contribution in [-0.4, -0.2) is 41.5 Å². The Labute approximate surface area is 134 Å². The van der Waals surface area contributed by atoms with Crippen LogP contribution in [0.15, 0.2) is 23.1 Å². The first-order valence-electron chi connectivity index (χ1n) is 7.25. The SMILES string of the molecule is Cc1ccc(C)c(SCC(=O)NC2(C(=O)O)CCOCC2)c1. The lowest BCUT2D eigenvalue weighted by molar-refractivity contribution is -0.151. The van der Waals surface area contributed by atoms with E-state index in [-0.39, 0.29) is 11.7 Å². The van der Waals surface area contributed by atoms with Gasteiger partial charge in [0.15, 0.2) is 0 Å². The van der Waals surface area contributed by atoms with Crippen molar-refractivity contribution in [1.82, 2.24) is 5.32 Å². The number of carboxylic acids is 1. The third kappa shape index (κ3) is 4.01. The van der Waals surface area contributed by atoms with Gasteiger partial charge in [-0.2, -0.15) is 0 Å². The molecule has 120 valence electrons. The lowest BCUT2D eigenvalue weighted by Crippen LogP contribution is -2.57. The van der Waals surface area contributed by atoms with E-state index in [1.54, 1.807) is 0 Å². The fraction of sp³-hybridized carbons (Fsp3) is 0.500. The lowest BCUT2D eigenvalue weighted by Gasteiger charge is -2.33. The molecule has 1 aliphatic rings. The molecule has 0 saturated carbocycles.